The zero-order chi connectivity index (χ0) is 13.7. The van der Waals surface area contributed by atoms with Gasteiger partial charge in [0.1, 0.15) is 0 Å². The average Bonchev–Trinajstić information content (AvgIpc) is 3.03. The number of aryl methyl sites for hydroxylation is 1. The van der Waals surface area contributed by atoms with Gasteiger partial charge in [0.05, 0.1) is 13.1 Å². The minimum Gasteiger partial charge on any atom is -0.353 e. The van der Waals surface area contributed by atoms with Gasteiger partial charge in [0.25, 0.3) is 0 Å². The second-order valence-electron chi connectivity index (χ2n) is 4.45. The van der Waals surface area contributed by atoms with E-state index in [0.717, 1.165) is 19.0 Å². The molecule has 0 saturated carbocycles. The standard InChI is InChI=1S/C14H20N4S.HI/c1-15-14(16-10-13-7-5-9-19-13)18(3)11-12-6-4-8-17(12)2;/h4-9H,10-11H2,1-3H3,(H,15,16);1H. The van der Waals surface area contributed by atoms with Crippen LogP contribution in [0.1, 0.15) is 10.6 Å². The molecular weight excluding hydrogens is 383 g/mol. The van der Waals surface area contributed by atoms with Crippen LogP contribution in [-0.4, -0.2) is 29.5 Å². The van der Waals surface area contributed by atoms with Crippen LogP contribution in [-0.2, 0) is 20.1 Å². The minimum absolute atomic E-state index is 0. The molecule has 2 aromatic heterocycles. The predicted molar refractivity (Wildman–Crippen MR) is 96.8 cm³/mol. The number of nitrogens with one attached hydrogen (secondary N) is 1. The van der Waals surface area contributed by atoms with Crippen LogP contribution < -0.4 is 5.32 Å². The molecule has 20 heavy (non-hydrogen) atoms. The van der Waals surface area contributed by atoms with Crippen molar-refractivity contribution in [3.63, 3.8) is 0 Å². The molecule has 4 nitrogen and oxygen atoms in total. The van der Waals surface area contributed by atoms with Crippen molar-refractivity contribution in [2.75, 3.05) is 14.1 Å². The van der Waals surface area contributed by atoms with Crippen molar-refractivity contribution in [1.82, 2.24) is 14.8 Å². The molecule has 0 aliphatic carbocycles. The van der Waals surface area contributed by atoms with Gasteiger partial charge in [-0.15, -0.1) is 35.3 Å². The van der Waals surface area contributed by atoms with E-state index in [1.165, 1.54) is 10.6 Å². The maximum absolute atomic E-state index is 4.32. The van der Waals surface area contributed by atoms with Crippen molar-refractivity contribution in [2.45, 2.75) is 13.1 Å². The lowest BCUT2D eigenvalue weighted by Crippen LogP contribution is -2.38. The average molecular weight is 404 g/mol. The Morgan fingerprint density at radius 1 is 1.40 bits per heavy atom. The molecule has 0 aromatic carbocycles. The molecule has 110 valence electrons. The number of nitrogens with zero attached hydrogens (tertiary/aromatic N) is 3. The van der Waals surface area contributed by atoms with Crippen LogP contribution in [0.5, 0.6) is 0 Å². The molecule has 6 heteroatoms. The zero-order valence-corrected chi connectivity index (χ0v) is 15.2. The van der Waals surface area contributed by atoms with Crippen molar-refractivity contribution < 1.29 is 0 Å². The molecule has 0 amide bonds. The Balaban J connectivity index is 0.00000200. The summed E-state index contributed by atoms with van der Waals surface area (Å²) in [6.45, 7) is 1.66. The first kappa shape index (κ1) is 17.0. The van der Waals surface area contributed by atoms with E-state index in [1.807, 2.05) is 7.05 Å². The Morgan fingerprint density at radius 3 is 2.75 bits per heavy atom. The fourth-order valence-electron chi connectivity index (χ4n) is 1.94. The predicted octanol–water partition coefficient (Wildman–Crippen LogP) is 2.91. The number of aromatic nitrogens is 1. The Labute approximate surface area is 141 Å². The van der Waals surface area contributed by atoms with E-state index in [1.54, 1.807) is 11.3 Å². The van der Waals surface area contributed by atoms with Crippen LogP contribution >= 0.6 is 35.3 Å². The number of hydrogen-bond donors (Lipinski definition) is 1. The number of rotatable bonds is 4. The van der Waals surface area contributed by atoms with Crippen LogP contribution in [0.3, 0.4) is 0 Å². The van der Waals surface area contributed by atoms with E-state index in [9.17, 15) is 0 Å². The van der Waals surface area contributed by atoms with Crippen molar-refractivity contribution in [3.05, 3.63) is 46.4 Å². The van der Waals surface area contributed by atoms with Crippen LogP contribution in [0.4, 0.5) is 0 Å². The Hall–Kier alpha value is -1.02. The molecule has 0 saturated heterocycles. The van der Waals surface area contributed by atoms with E-state index in [0.29, 0.717) is 0 Å². The van der Waals surface area contributed by atoms with Gasteiger partial charge in [-0.1, -0.05) is 6.07 Å². The Morgan fingerprint density at radius 2 is 2.20 bits per heavy atom. The second kappa shape index (κ2) is 8.31. The van der Waals surface area contributed by atoms with Crippen LogP contribution in [0.15, 0.2) is 40.8 Å². The number of aliphatic imine (C=N–C) groups is 1. The highest BCUT2D eigenvalue weighted by Crippen LogP contribution is 2.08. The van der Waals surface area contributed by atoms with Gasteiger partial charge in [-0.2, -0.15) is 0 Å². The molecule has 0 unspecified atom stereocenters. The van der Waals surface area contributed by atoms with Crippen molar-refractivity contribution >= 4 is 41.3 Å². The topological polar surface area (TPSA) is 32.6 Å². The summed E-state index contributed by atoms with van der Waals surface area (Å²) in [5.74, 6) is 0.912. The summed E-state index contributed by atoms with van der Waals surface area (Å²) < 4.78 is 2.13. The summed E-state index contributed by atoms with van der Waals surface area (Å²) in [5.41, 5.74) is 1.27. The van der Waals surface area contributed by atoms with Gasteiger partial charge in [0.15, 0.2) is 5.96 Å². The van der Waals surface area contributed by atoms with E-state index < -0.39 is 0 Å². The summed E-state index contributed by atoms with van der Waals surface area (Å²) in [4.78, 5) is 7.77. The monoisotopic (exact) mass is 404 g/mol. The highest BCUT2D eigenvalue weighted by atomic mass is 127. The molecule has 0 aliphatic heterocycles. The number of halogens is 1. The fourth-order valence-corrected chi connectivity index (χ4v) is 2.59. The fraction of sp³-hybridized carbons (Fsp3) is 0.357. The smallest absolute Gasteiger partial charge is 0.194 e. The van der Waals surface area contributed by atoms with Gasteiger partial charge >= 0.3 is 0 Å². The molecule has 0 atom stereocenters. The van der Waals surface area contributed by atoms with Crippen molar-refractivity contribution in [2.24, 2.45) is 12.0 Å². The van der Waals surface area contributed by atoms with Crippen molar-refractivity contribution in [3.8, 4) is 0 Å². The highest BCUT2D eigenvalue weighted by molar-refractivity contribution is 14.0. The number of thiophene rings is 1. The summed E-state index contributed by atoms with van der Waals surface area (Å²) in [6.07, 6.45) is 2.06. The largest absolute Gasteiger partial charge is 0.353 e. The zero-order valence-electron chi connectivity index (χ0n) is 12.0. The summed E-state index contributed by atoms with van der Waals surface area (Å²) in [7, 11) is 5.93. The van der Waals surface area contributed by atoms with Crippen LogP contribution in [0, 0.1) is 0 Å². The van der Waals surface area contributed by atoms with Gasteiger partial charge < -0.3 is 14.8 Å². The third-order valence-corrected chi connectivity index (χ3v) is 3.90. The lowest BCUT2D eigenvalue weighted by Gasteiger charge is -2.22. The van der Waals surface area contributed by atoms with Gasteiger partial charge in [-0.05, 0) is 23.6 Å². The molecule has 2 rings (SSSR count). The molecule has 2 aromatic rings. The molecule has 1 N–H and O–H groups in total. The highest BCUT2D eigenvalue weighted by Gasteiger charge is 2.08. The first-order valence-electron chi connectivity index (χ1n) is 6.25. The van der Waals surface area contributed by atoms with E-state index in [2.05, 4.69) is 69.7 Å². The Bertz CT molecular complexity index is 533. The first-order chi connectivity index (χ1) is 9.20. The van der Waals surface area contributed by atoms with Crippen LogP contribution in [0.2, 0.25) is 0 Å². The third kappa shape index (κ3) is 4.52. The molecule has 0 bridgehead atoms. The third-order valence-electron chi connectivity index (χ3n) is 3.02. The van der Waals surface area contributed by atoms with Gasteiger partial charge in [-0.3, -0.25) is 4.99 Å². The summed E-state index contributed by atoms with van der Waals surface area (Å²) in [6, 6.07) is 8.38. The maximum atomic E-state index is 4.32. The molecule has 0 aliphatic rings. The van der Waals surface area contributed by atoms with Crippen LogP contribution in [0.25, 0.3) is 0 Å². The SMILES string of the molecule is CN=C(NCc1cccs1)N(C)Cc1cccn1C.I. The minimum atomic E-state index is 0. The van der Waals surface area contributed by atoms with Gasteiger partial charge in [-0.25, -0.2) is 0 Å². The van der Waals surface area contributed by atoms with Gasteiger partial charge in [0.2, 0.25) is 0 Å². The Kier molecular flexibility index (Phi) is 7.08. The normalized spacial score (nSPS) is 11.1. The van der Waals surface area contributed by atoms with E-state index >= 15 is 0 Å². The summed E-state index contributed by atoms with van der Waals surface area (Å²) in [5, 5.41) is 5.47. The lowest BCUT2D eigenvalue weighted by molar-refractivity contribution is 0.462. The second-order valence-corrected chi connectivity index (χ2v) is 5.48. The number of guanidine groups is 1. The lowest BCUT2D eigenvalue weighted by atomic mass is 10.4. The van der Waals surface area contributed by atoms with E-state index in [4.69, 9.17) is 0 Å². The maximum Gasteiger partial charge on any atom is 0.194 e. The van der Waals surface area contributed by atoms with E-state index in [-0.39, 0.29) is 24.0 Å². The molecule has 2 heterocycles. The van der Waals surface area contributed by atoms with Crippen molar-refractivity contribution in [1.29, 1.82) is 0 Å². The quantitative estimate of drug-likeness (QED) is 0.483. The molecule has 0 spiro atoms. The number of hydrogen-bond acceptors (Lipinski definition) is 2. The first-order valence-corrected chi connectivity index (χ1v) is 7.13. The summed E-state index contributed by atoms with van der Waals surface area (Å²) >= 11 is 1.75. The molecule has 0 radical (unpaired) electrons. The molecular formula is C14H21IN4S. The molecule has 0 fully saturated rings. The van der Waals surface area contributed by atoms with Gasteiger partial charge in [0, 0.05) is 37.9 Å².